The number of hydrogen-bond donors (Lipinski definition) is 11. The molecule has 5 aliphatic rings. The second-order valence-corrected chi connectivity index (χ2v) is 27.3. The smallest absolute Gasteiger partial charge is 0.173 e. The van der Waals surface area contributed by atoms with E-state index in [-0.39, 0.29) is 90.8 Å². The Morgan fingerprint density at radius 3 is 2.38 bits per heavy atom. The Hall–Kier alpha value is -7.38. The van der Waals surface area contributed by atoms with Crippen LogP contribution in [0.25, 0.3) is 10.8 Å². The van der Waals surface area contributed by atoms with Crippen molar-refractivity contribution in [1.29, 1.82) is 0 Å². The lowest BCUT2D eigenvalue weighted by Crippen LogP contribution is -2.40. The summed E-state index contributed by atoms with van der Waals surface area (Å²) in [5.41, 5.74) is 9.14. The molecule has 3 aliphatic carbocycles. The number of aromatic hydroxyl groups is 3. The number of phenolic OH excluding ortho intramolecular Hbond substituents is 3. The molecule has 0 radical (unpaired) electrons. The zero-order chi connectivity index (χ0) is 63.9. The highest BCUT2D eigenvalue weighted by atomic mass is 16.5. The molecular formula is C77H94N4O10. The van der Waals surface area contributed by atoms with E-state index in [1.54, 1.807) is 18.2 Å². The fourth-order valence-corrected chi connectivity index (χ4v) is 16.3. The fraction of sp³-hybridized carbons (Fsp3) is 0.481. The number of rotatable bonds is 10. The van der Waals surface area contributed by atoms with Crippen LogP contribution in [0, 0.1) is 59.2 Å². The Labute approximate surface area is 536 Å². The van der Waals surface area contributed by atoms with Crippen LogP contribution in [0.3, 0.4) is 0 Å². The van der Waals surface area contributed by atoms with Crippen LogP contribution in [0.5, 0.6) is 23.0 Å². The first kappa shape index (κ1) is 65.1. The Morgan fingerprint density at radius 2 is 1.59 bits per heavy atom. The number of anilines is 1. The summed E-state index contributed by atoms with van der Waals surface area (Å²) >= 11 is 0. The molecule has 0 spiro atoms. The van der Waals surface area contributed by atoms with Crippen molar-refractivity contribution in [3.05, 3.63) is 171 Å². The van der Waals surface area contributed by atoms with Crippen molar-refractivity contribution in [2.75, 3.05) is 38.7 Å². The maximum Gasteiger partial charge on any atom is 0.173 e. The van der Waals surface area contributed by atoms with Crippen LogP contribution in [0.2, 0.25) is 0 Å². The van der Waals surface area contributed by atoms with Crippen molar-refractivity contribution in [2.24, 2.45) is 47.3 Å². The number of aryl methyl sites for hydroxylation is 1. The first-order valence-corrected chi connectivity index (χ1v) is 33.6. The number of aromatic nitrogens is 1. The number of benzene rings is 5. The van der Waals surface area contributed by atoms with Gasteiger partial charge in [0, 0.05) is 80.3 Å². The molecule has 9 bridgehead atoms. The maximum absolute atomic E-state index is 15.6. The number of dihydropyridines is 1. The van der Waals surface area contributed by atoms with E-state index in [9.17, 15) is 40.5 Å². The summed E-state index contributed by atoms with van der Waals surface area (Å²) in [6.07, 6.45) is 11.1. The number of allylic oxidation sites excluding steroid dienone is 2. The molecule has 1 aromatic heterocycles. The van der Waals surface area contributed by atoms with Crippen LogP contribution in [-0.2, 0) is 35.3 Å². The van der Waals surface area contributed by atoms with Crippen molar-refractivity contribution in [3.63, 3.8) is 0 Å². The number of carbonyl (C=O) groups is 2. The van der Waals surface area contributed by atoms with Gasteiger partial charge < -0.3 is 61.4 Å². The second kappa shape index (κ2) is 29.5. The van der Waals surface area contributed by atoms with E-state index in [1.807, 2.05) is 54.7 Å². The lowest BCUT2D eigenvalue weighted by molar-refractivity contribution is -0.142. The molecule has 6 aromatic rings. The predicted octanol–water partition coefficient (Wildman–Crippen LogP) is 11.8. The van der Waals surface area contributed by atoms with Crippen LogP contribution < -0.4 is 20.7 Å². The van der Waals surface area contributed by atoms with Crippen molar-refractivity contribution in [1.82, 2.24) is 15.6 Å². The van der Waals surface area contributed by atoms with Crippen LogP contribution in [0.1, 0.15) is 154 Å². The second-order valence-electron chi connectivity index (χ2n) is 27.3. The average Bonchev–Trinajstić information content (AvgIpc) is 1.52. The molecule has 482 valence electrons. The van der Waals surface area contributed by atoms with Crippen LogP contribution in [0.15, 0.2) is 127 Å². The van der Waals surface area contributed by atoms with Gasteiger partial charge in [0.2, 0.25) is 0 Å². The van der Waals surface area contributed by atoms with Gasteiger partial charge in [0.1, 0.15) is 17.3 Å². The third kappa shape index (κ3) is 15.1. The number of fused-ring (bicyclic) bond motifs is 9. The number of aliphatic hydroxyl groups excluding tert-OH is 4. The largest absolute Gasteiger partial charge is 0.508 e. The minimum absolute atomic E-state index is 0.0363. The Kier molecular flexibility index (Phi) is 21.1. The summed E-state index contributed by atoms with van der Waals surface area (Å²) in [6.45, 7) is 7.95. The molecule has 91 heavy (non-hydrogen) atoms. The molecule has 3 heterocycles. The van der Waals surface area contributed by atoms with E-state index in [4.69, 9.17) is 4.74 Å². The van der Waals surface area contributed by atoms with E-state index in [0.29, 0.717) is 80.9 Å². The van der Waals surface area contributed by atoms with Gasteiger partial charge >= 0.3 is 0 Å². The molecule has 0 amide bonds. The number of carbonyl (C=O) groups excluding carboxylic acids is 2. The number of nitrogens with one attached hydrogen (secondary N) is 4. The molecular weight excluding hydrogens is 1140 g/mol. The predicted molar refractivity (Wildman–Crippen MR) is 357 cm³/mol. The number of methoxy groups -OCH3 is 1. The van der Waals surface area contributed by atoms with Gasteiger partial charge in [-0.2, -0.15) is 0 Å². The molecule has 14 atom stereocenters. The minimum Gasteiger partial charge on any atom is -0.508 e. The number of aromatic amines is 1. The number of ketones is 2. The van der Waals surface area contributed by atoms with Gasteiger partial charge in [0.05, 0.1) is 25.2 Å². The normalized spacial score (nSPS) is 28.6. The van der Waals surface area contributed by atoms with Crippen LogP contribution in [-0.4, -0.2) is 104 Å². The number of β-amino-alcohol motifs (C(OH)–C–C–N with tert-alkyl or cyclic N) is 1. The van der Waals surface area contributed by atoms with Gasteiger partial charge in [-0.1, -0.05) is 99.7 Å². The first-order chi connectivity index (χ1) is 44.0. The molecule has 5 aromatic carbocycles. The maximum atomic E-state index is 15.6. The summed E-state index contributed by atoms with van der Waals surface area (Å²) in [7, 11) is 1.49. The van der Waals surface area contributed by atoms with E-state index in [0.717, 1.165) is 88.1 Å². The summed E-state index contributed by atoms with van der Waals surface area (Å²) in [5.74, 6) is 5.91. The summed E-state index contributed by atoms with van der Waals surface area (Å²) in [6, 6.07) is 31.4. The summed E-state index contributed by atoms with van der Waals surface area (Å²) in [5, 5.41) is 93.0. The highest BCUT2D eigenvalue weighted by Gasteiger charge is 2.45. The van der Waals surface area contributed by atoms with Crippen LogP contribution >= 0.6 is 0 Å². The number of phenols is 3. The van der Waals surface area contributed by atoms with Crippen LogP contribution in [0.4, 0.5) is 5.69 Å². The Morgan fingerprint density at radius 1 is 0.769 bits per heavy atom. The van der Waals surface area contributed by atoms with Crippen molar-refractivity contribution in [3.8, 4) is 34.8 Å². The molecule has 0 saturated heterocycles. The van der Waals surface area contributed by atoms with E-state index in [2.05, 4.69) is 96.0 Å². The minimum atomic E-state index is -1.91. The van der Waals surface area contributed by atoms with Gasteiger partial charge in [-0.25, -0.2) is 0 Å². The third-order valence-corrected chi connectivity index (χ3v) is 21.2. The summed E-state index contributed by atoms with van der Waals surface area (Å²) < 4.78 is 5.70. The third-order valence-electron chi connectivity index (χ3n) is 21.2. The number of Topliss-reactive ketones (excluding diaryl/α,β-unsaturated/α-hetero) is 2. The zero-order valence-electron chi connectivity index (χ0n) is 53.3. The standard InChI is InChI=1S/C77H94N4O10/c1-5-10-64-56-33-55(62(15-9-28-82)53-26-27-79-74(38-53)81-58-23-20-48-16-19-54(75(88)69(48)39-58)35-61(84)44-78-42-46(3)57-34-59(80-43-57)40-71(64)86)32-51-21-24-66(67-41-72(87)73(91-4)37-52(67)22-25-70(85)77(90)76(89)68(51)36-56)65-14-7-6-13-63(65)50-18-17-49(45(2)29-50)30-47-11-8-12-60(83)31-47/h6-8,11-14,16,19-20,23,26,31,34,37-39,41,43,45-46,49-51,55-56,61-62,64,66,68,71,77-84,86-88,90H,5,9-10,15,17-18,22,25,27-30,32-33,35-36,40,42,44H2,1-4H3. The lowest BCUT2D eigenvalue weighted by Gasteiger charge is -2.36. The molecule has 2 fully saturated rings. The Balaban J connectivity index is 1.04. The van der Waals surface area contributed by atoms with E-state index < -0.39 is 47.6 Å². The topological polar surface area (TPSA) is 237 Å². The van der Waals surface area contributed by atoms with Gasteiger partial charge in [0.15, 0.2) is 29.2 Å². The molecule has 14 heteroatoms. The molecule has 14 unspecified atom stereocenters. The molecule has 2 aliphatic heterocycles. The highest BCUT2D eigenvalue weighted by molar-refractivity contribution is 6.06. The van der Waals surface area contributed by atoms with Gasteiger partial charge in [-0.3, -0.25) is 9.59 Å². The monoisotopic (exact) mass is 1230 g/mol. The molecule has 2 saturated carbocycles. The number of aliphatic hydroxyl groups is 4. The van der Waals surface area contributed by atoms with Gasteiger partial charge in [-0.15, -0.1) is 0 Å². The van der Waals surface area contributed by atoms with E-state index in [1.165, 1.54) is 12.7 Å². The lowest BCUT2D eigenvalue weighted by atomic mass is 9.69. The Bertz CT molecular complexity index is 3670. The van der Waals surface area contributed by atoms with Crippen molar-refractivity contribution < 1.29 is 50.1 Å². The average molecular weight is 1240 g/mol. The van der Waals surface area contributed by atoms with Crippen molar-refractivity contribution >= 4 is 28.0 Å². The number of hydrogen-bond acceptors (Lipinski definition) is 13. The van der Waals surface area contributed by atoms with Crippen molar-refractivity contribution in [2.45, 2.75) is 153 Å². The SMILES string of the molecule is CCCC1C(O)Cc2cc(c[nH]2)C(C)CNCC(O)Cc2ccc3ccc(cc3c2O)NC2=CC(=CCN2)C(CCCO)C2CC3C#CC(c4ccccc4C4CCC(Cc5cccc(O)c5)C(C)C4)c4cc(O)c(OC)cc4CCC(=O)C(O)C(=O)C3CC1C2. The quantitative estimate of drug-likeness (QED) is 0.0453. The first-order valence-electron chi connectivity index (χ1n) is 33.6. The fourth-order valence-electron chi connectivity index (χ4n) is 16.3. The number of H-pyrrole nitrogens is 1. The summed E-state index contributed by atoms with van der Waals surface area (Å²) in [4.78, 5) is 33.7. The number of ether oxygens (including phenoxy) is 1. The molecule has 11 N–H and O–H groups in total. The highest BCUT2D eigenvalue weighted by Crippen LogP contribution is 2.50. The van der Waals surface area contributed by atoms with Gasteiger partial charge in [0.25, 0.3) is 0 Å². The van der Waals surface area contributed by atoms with E-state index >= 15 is 4.79 Å². The van der Waals surface area contributed by atoms with Gasteiger partial charge in [-0.05, 0) is 216 Å². The molecule has 11 rings (SSSR count). The molecule has 14 nitrogen and oxygen atoms in total. The zero-order valence-corrected chi connectivity index (χ0v) is 53.3.